The SMILES string of the molecule is COc1ccc(OC)c(/C=C/C(=O)NC(CN2CCN(C)CC2)c2ccccc2)c1. The third kappa shape index (κ3) is 6.08. The molecule has 1 saturated heterocycles. The molecular formula is C24H31N3O3. The van der Waals surface area contributed by atoms with Crippen molar-refractivity contribution in [2.24, 2.45) is 0 Å². The zero-order chi connectivity index (χ0) is 21.3. The monoisotopic (exact) mass is 409 g/mol. The molecule has 1 aliphatic heterocycles. The van der Waals surface area contributed by atoms with Gasteiger partial charge in [-0.15, -0.1) is 0 Å². The van der Waals surface area contributed by atoms with Crippen molar-refractivity contribution in [2.45, 2.75) is 6.04 Å². The summed E-state index contributed by atoms with van der Waals surface area (Å²) in [7, 11) is 5.37. The molecule has 0 aromatic heterocycles. The molecule has 6 nitrogen and oxygen atoms in total. The van der Waals surface area contributed by atoms with Crippen molar-refractivity contribution in [3.63, 3.8) is 0 Å². The summed E-state index contributed by atoms with van der Waals surface area (Å²) in [6, 6.07) is 15.6. The van der Waals surface area contributed by atoms with Crippen LogP contribution in [0.5, 0.6) is 11.5 Å². The van der Waals surface area contributed by atoms with E-state index in [1.54, 1.807) is 26.4 Å². The number of benzene rings is 2. The highest BCUT2D eigenvalue weighted by Crippen LogP contribution is 2.25. The summed E-state index contributed by atoms with van der Waals surface area (Å²) in [6.45, 7) is 4.90. The van der Waals surface area contributed by atoms with E-state index in [4.69, 9.17) is 9.47 Å². The zero-order valence-corrected chi connectivity index (χ0v) is 18.0. The summed E-state index contributed by atoms with van der Waals surface area (Å²) in [5.74, 6) is 1.27. The van der Waals surface area contributed by atoms with Gasteiger partial charge in [-0.1, -0.05) is 30.3 Å². The topological polar surface area (TPSA) is 54.0 Å². The third-order valence-corrected chi connectivity index (χ3v) is 5.41. The molecule has 1 heterocycles. The van der Waals surface area contributed by atoms with Crippen molar-refractivity contribution < 1.29 is 14.3 Å². The van der Waals surface area contributed by atoms with E-state index >= 15 is 0 Å². The van der Waals surface area contributed by atoms with E-state index in [1.165, 1.54) is 0 Å². The Bertz CT molecular complexity index is 846. The summed E-state index contributed by atoms with van der Waals surface area (Å²) in [5.41, 5.74) is 1.90. The fourth-order valence-corrected chi connectivity index (χ4v) is 3.56. The number of hydrogen-bond acceptors (Lipinski definition) is 5. The highest BCUT2D eigenvalue weighted by atomic mass is 16.5. The van der Waals surface area contributed by atoms with Gasteiger partial charge >= 0.3 is 0 Å². The van der Waals surface area contributed by atoms with Crippen LogP contribution in [0.25, 0.3) is 6.08 Å². The summed E-state index contributed by atoms with van der Waals surface area (Å²) < 4.78 is 10.7. The Labute approximate surface area is 179 Å². The van der Waals surface area contributed by atoms with Gasteiger partial charge in [-0.3, -0.25) is 9.69 Å². The van der Waals surface area contributed by atoms with Crippen molar-refractivity contribution in [1.29, 1.82) is 0 Å². The van der Waals surface area contributed by atoms with E-state index in [9.17, 15) is 4.79 Å². The number of rotatable bonds is 8. The molecule has 1 amide bonds. The molecule has 0 saturated carbocycles. The van der Waals surface area contributed by atoms with E-state index < -0.39 is 0 Å². The minimum absolute atomic E-state index is 0.0704. The Balaban J connectivity index is 1.71. The molecule has 1 fully saturated rings. The number of hydrogen-bond donors (Lipinski definition) is 1. The van der Waals surface area contributed by atoms with Gasteiger partial charge in [0.1, 0.15) is 11.5 Å². The van der Waals surface area contributed by atoms with Gasteiger partial charge in [-0.25, -0.2) is 0 Å². The van der Waals surface area contributed by atoms with Crippen LogP contribution in [0.2, 0.25) is 0 Å². The van der Waals surface area contributed by atoms with Crippen LogP contribution < -0.4 is 14.8 Å². The Hall–Kier alpha value is -2.83. The van der Waals surface area contributed by atoms with Gasteiger partial charge in [0.25, 0.3) is 0 Å². The molecule has 160 valence electrons. The van der Waals surface area contributed by atoms with Crippen LogP contribution in [0.15, 0.2) is 54.6 Å². The Morgan fingerprint density at radius 2 is 1.80 bits per heavy atom. The van der Waals surface area contributed by atoms with Gasteiger partial charge in [-0.2, -0.15) is 0 Å². The highest BCUT2D eigenvalue weighted by Gasteiger charge is 2.20. The minimum atomic E-state index is -0.136. The first-order chi connectivity index (χ1) is 14.6. The van der Waals surface area contributed by atoms with Gasteiger partial charge in [0, 0.05) is 44.4 Å². The fraction of sp³-hybridized carbons (Fsp3) is 0.375. The molecule has 30 heavy (non-hydrogen) atoms. The lowest BCUT2D eigenvalue weighted by Crippen LogP contribution is -2.47. The van der Waals surface area contributed by atoms with Crippen LogP contribution in [0.1, 0.15) is 17.2 Å². The van der Waals surface area contributed by atoms with E-state index in [2.05, 4.69) is 34.3 Å². The predicted molar refractivity (Wildman–Crippen MR) is 120 cm³/mol. The maximum absolute atomic E-state index is 12.8. The van der Waals surface area contributed by atoms with Gasteiger partial charge in [0.15, 0.2) is 0 Å². The Kier molecular flexibility index (Phi) is 7.88. The first-order valence-corrected chi connectivity index (χ1v) is 10.3. The summed E-state index contributed by atoms with van der Waals surface area (Å²) in [5, 5.41) is 3.18. The molecular weight excluding hydrogens is 378 g/mol. The van der Waals surface area contributed by atoms with Gasteiger partial charge in [0.05, 0.1) is 20.3 Å². The average molecular weight is 410 g/mol. The normalized spacial score (nSPS) is 16.4. The molecule has 0 aliphatic carbocycles. The zero-order valence-electron chi connectivity index (χ0n) is 18.0. The van der Waals surface area contributed by atoms with Crippen molar-refractivity contribution >= 4 is 12.0 Å². The van der Waals surface area contributed by atoms with Crippen molar-refractivity contribution in [1.82, 2.24) is 15.1 Å². The van der Waals surface area contributed by atoms with Crippen LogP contribution in [-0.2, 0) is 4.79 Å². The molecule has 0 radical (unpaired) electrons. The first kappa shape index (κ1) is 21.9. The van der Waals surface area contributed by atoms with Gasteiger partial charge < -0.3 is 19.7 Å². The summed E-state index contributed by atoms with van der Waals surface area (Å²) >= 11 is 0. The van der Waals surface area contributed by atoms with E-state index in [-0.39, 0.29) is 11.9 Å². The highest BCUT2D eigenvalue weighted by molar-refractivity contribution is 5.92. The standard InChI is InChI=1S/C24H31N3O3/c1-26-13-15-27(16-14-26)18-22(19-7-5-4-6-8-19)25-24(28)12-9-20-17-21(29-2)10-11-23(20)30-3/h4-12,17,22H,13-16,18H2,1-3H3,(H,25,28)/b12-9+. The van der Waals surface area contributed by atoms with E-state index in [1.807, 2.05) is 36.4 Å². The average Bonchev–Trinajstić information content (AvgIpc) is 2.79. The second-order valence-corrected chi connectivity index (χ2v) is 7.52. The smallest absolute Gasteiger partial charge is 0.244 e. The number of carbonyl (C=O) groups is 1. The number of carbonyl (C=O) groups excluding carboxylic acids is 1. The van der Waals surface area contributed by atoms with Crippen molar-refractivity contribution in [3.05, 3.63) is 65.7 Å². The molecule has 0 bridgehead atoms. The summed E-state index contributed by atoms with van der Waals surface area (Å²) in [4.78, 5) is 17.5. The molecule has 6 heteroatoms. The van der Waals surface area contributed by atoms with Gasteiger partial charge in [0.2, 0.25) is 5.91 Å². The number of methoxy groups -OCH3 is 2. The quantitative estimate of drug-likeness (QED) is 0.680. The molecule has 1 aliphatic rings. The molecule has 1 N–H and O–H groups in total. The maximum Gasteiger partial charge on any atom is 0.244 e. The van der Waals surface area contributed by atoms with Gasteiger partial charge in [-0.05, 0) is 36.9 Å². The second kappa shape index (κ2) is 10.8. The Morgan fingerprint density at radius 3 is 2.47 bits per heavy atom. The lowest BCUT2D eigenvalue weighted by atomic mass is 10.1. The van der Waals surface area contributed by atoms with Crippen LogP contribution in [0.3, 0.4) is 0 Å². The number of likely N-dealkylation sites (N-methyl/N-ethyl adjacent to an activating group) is 1. The number of piperazine rings is 1. The predicted octanol–water partition coefficient (Wildman–Crippen LogP) is 2.82. The number of nitrogens with zero attached hydrogens (tertiary/aromatic N) is 2. The van der Waals surface area contributed by atoms with Crippen LogP contribution >= 0.6 is 0 Å². The van der Waals surface area contributed by atoms with Crippen LogP contribution in [-0.4, -0.2) is 69.7 Å². The third-order valence-electron chi connectivity index (χ3n) is 5.41. The lowest BCUT2D eigenvalue weighted by Gasteiger charge is -2.34. The van der Waals surface area contributed by atoms with Crippen LogP contribution in [0.4, 0.5) is 0 Å². The van der Waals surface area contributed by atoms with Crippen LogP contribution in [0, 0.1) is 0 Å². The van der Waals surface area contributed by atoms with E-state index in [0.29, 0.717) is 11.5 Å². The fourth-order valence-electron chi connectivity index (χ4n) is 3.56. The second-order valence-electron chi connectivity index (χ2n) is 7.52. The molecule has 2 aromatic rings. The maximum atomic E-state index is 12.8. The molecule has 2 aromatic carbocycles. The summed E-state index contributed by atoms with van der Waals surface area (Å²) in [6.07, 6.45) is 3.31. The molecule has 3 rings (SSSR count). The van der Waals surface area contributed by atoms with Crippen molar-refractivity contribution in [3.8, 4) is 11.5 Å². The lowest BCUT2D eigenvalue weighted by molar-refractivity contribution is -0.117. The number of nitrogens with one attached hydrogen (secondary N) is 1. The first-order valence-electron chi connectivity index (χ1n) is 10.3. The van der Waals surface area contributed by atoms with E-state index in [0.717, 1.165) is 43.9 Å². The molecule has 1 atom stereocenters. The minimum Gasteiger partial charge on any atom is -0.497 e. The Morgan fingerprint density at radius 1 is 1.07 bits per heavy atom. The number of ether oxygens (including phenoxy) is 2. The van der Waals surface area contributed by atoms with Crippen molar-refractivity contribution in [2.75, 3.05) is 54.0 Å². The molecule has 1 unspecified atom stereocenters. The number of amides is 1. The largest absolute Gasteiger partial charge is 0.497 e. The molecule has 0 spiro atoms.